The van der Waals surface area contributed by atoms with Crippen LogP contribution in [-0.2, 0) is 16.1 Å². The normalized spacial score (nSPS) is 12.1. The third-order valence-corrected chi connectivity index (χ3v) is 4.56. The number of carbonyl (C=O) groups is 2. The molecule has 0 saturated carbocycles. The van der Waals surface area contributed by atoms with Crippen molar-refractivity contribution in [1.29, 1.82) is 0 Å². The molecule has 2 aromatic rings. The summed E-state index contributed by atoms with van der Waals surface area (Å²) in [5.41, 5.74) is 1.89. The molecule has 0 aliphatic carbocycles. The van der Waals surface area contributed by atoms with Crippen LogP contribution in [0.2, 0.25) is 0 Å². The highest BCUT2D eigenvalue weighted by atomic mass is 79.9. The van der Waals surface area contributed by atoms with E-state index in [0.29, 0.717) is 21.5 Å². The van der Waals surface area contributed by atoms with Crippen LogP contribution in [0.15, 0.2) is 33.3 Å². The molecule has 1 aromatic heterocycles. The number of nitrogens with one attached hydrogen (secondary N) is 1. The van der Waals surface area contributed by atoms with Gasteiger partial charge >= 0.3 is 5.97 Å². The molecule has 1 unspecified atom stereocenters. The lowest BCUT2D eigenvalue weighted by Crippen LogP contribution is -2.45. The number of aryl methyl sites for hydroxylation is 2. The highest BCUT2D eigenvalue weighted by molar-refractivity contribution is 9.10. The number of hydrogen-bond acceptors (Lipinski definition) is 5. The van der Waals surface area contributed by atoms with Gasteiger partial charge in [0.25, 0.3) is 5.91 Å². The first-order valence-electron chi connectivity index (χ1n) is 7.95. The molecule has 6 nitrogen and oxygen atoms in total. The first kappa shape index (κ1) is 19.2. The Morgan fingerprint density at radius 2 is 1.96 bits per heavy atom. The Morgan fingerprint density at radius 1 is 1.28 bits per heavy atom. The molecule has 134 valence electrons. The zero-order chi connectivity index (χ0) is 18.6. The molecule has 0 bridgehead atoms. The molecule has 2 rings (SSSR count). The Morgan fingerprint density at radius 3 is 2.52 bits per heavy atom. The summed E-state index contributed by atoms with van der Waals surface area (Å²) in [6.45, 7) is 7.31. The van der Waals surface area contributed by atoms with Crippen molar-refractivity contribution in [3.8, 4) is 0 Å². The molecular formula is C18H21BrN2O4. The summed E-state index contributed by atoms with van der Waals surface area (Å²) in [5.74, 6) is -0.330. The number of rotatable bonds is 6. The largest absolute Gasteiger partial charge is 0.459 e. The second kappa shape index (κ2) is 8.29. The van der Waals surface area contributed by atoms with Gasteiger partial charge in [-0.05, 0) is 47.8 Å². The van der Waals surface area contributed by atoms with Crippen molar-refractivity contribution in [2.24, 2.45) is 5.92 Å². The molecule has 1 atom stereocenters. The van der Waals surface area contributed by atoms with E-state index >= 15 is 0 Å². The van der Waals surface area contributed by atoms with E-state index in [1.54, 1.807) is 32.0 Å². The lowest BCUT2D eigenvalue weighted by Gasteiger charge is -2.21. The van der Waals surface area contributed by atoms with Gasteiger partial charge in [0.1, 0.15) is 18.4 Å². The number of hydrogen-bond donors (Lipinski definition) is 1. The number of halogens is 1. The van der Waals surface area contributed by atoms with E-state index in [0.717, 1.165) is 5.56 Å². The van der Waals surface area contributed by atoms with Crippen molar-refractivity contribution in [1.82, 2.24) is 10.5 Å². The summed E-state index contributed by atoms with van der Waals surface area (Å²) in [4.78, 5) is 24.9. The predicted molar refractivity (Wildman–Crippen MR) is 96.0 cm³/mol. The van der Waals surface area contributed by atoms with Crippen molar-refractivity contribution >= 4 is 27.8 Å². The van der Waals surface area contributed by atoms with Gasteiger partial charge in [-0.15, -0.1) is 0 Å². The summed E-state index contributed by atoms with van der Waals surface area (Å²) in [6, 6.07) is 6.29. The van der Waals surface area contributed by atoms with E-state index in [9.17, 15) is 9.59 Å². The van der Waals surface area contributed by atoms with Gasteiger partial charge in [-0.1, -0.05) is 31.1 Å². The van der Waals surface area contributed by atoms with Crippen LogP contribution in [0.3, 0.4) is 0 Å². The minimum Gasteiger partial charge on any atom is -0.459 e. The lowest BCUT2D eigenvalue weighted by atomic mass is 10.0. The van der Waals surface area contributed by atoms with Crippen LogP contribution in [-0.4, -0.2) is 23.1 Å². The van der Waals surface area contributed by atoms with E-state index in [1.165, 1.54) is 0 Å². The third-order valence-electron chi connectivity index (χ3n) is 3.87. The van der Waals surface area contributed by atoms with Gasteiger partial charge in [-0.25, -0.2) is 4.79 Å². The fourth-order valence-corrected chi connectivity index (χ4v) is 2.77. The average Bonchev–Trinajstić information content (AvgIpc) is 2.88. The molecule has 1 heterocycles. The third kappa shape index (κ3) is 4.69. The van der Waals surface area contributed by atoms with E-state index in [-0.39, 0.29) is 18.4 Å². The van der Waals surface area contributed by atoms with Crippen LogP contribution in [0.25, 0.3) is 0 Å². The first-order valence-corrected chi connectivity index (χ1v) is 8.74. The fourth-order valence-electron chi connectivity index (χ4n) is 2.30. The topological polar surface area (TPSA) is 81.4 Å². The minimum atomic E-state index is -0.750. The number of aromatic nitrogens is 1. The van der Waals surface area contributed by atoms with Gasteiger partial charge in [0.2, 0.25) is 0 Å². The predicted octanol–water partition coefficient (Wildman–Crippen LogP) is 3.55. The summed E-state index contributed by atoms with van der Waals surface area (Å²) in [6.07, 6.45) is 0. The second-order valence-electron chi connectivity index (χ2n) is 6.09. The van der Waals surface area contributed by atoms with Crippen molar-refractivity contribution in [2.75, 3.05) is 0 Å². The van der Waals surface area contributed by atoms with Gasteiger partial charge < -0.3 is 14.6 Å². The first-order chi connectivity index (χ1) is 11.8. The molecule has 0 aliphatic rings. The highest BCUT2D eigenvalue weighted by Gasteiger charge is 2.27. The van der Waals surface area contributed by atoms with Gasteiger partial charge in [0.05, 0.1) is 16.8 Å². The maximum absolute atomic E-state index is 12.5. The van der Waals surface area contributed by atoms with Crippen LogP contribution in [0.1, 0.15) is 41.2 Å². The van der Waals surface area contributed by atoms with E-state index in [1.807, 2.05) is 19.9 Å². The van der Waals surface area contributed by atoms with Crippen LogP contribution in [0, 0.1) is 19.8 Å². The molecular weight excluding hydrogens is 388 g/mol. The Hall–Kier alpha value is -2.15. The van der Waals surface area contributed by atoms with Gasteiger partial charge in [-0.3, -0.25) is 4.79 Å². The van der Waals surface area contributed by atoms with Crippen molar-refractivity contribution in [3.05, 3.63) is 51.3 Å². The van der Waals surface area contributed by atoms with E-state index in [2.05, 4.69) is 26.4 Å². The van der Waals surface area contributed by atoms with Gasteiger partial charge in [0.15, 0.2) is 0 Å². The molecule has 1 amide bonds. The Balaban J connectivity index is 2.06. The maximum atomic E-state index is 12.5. The minimum absolute atomic E-state index is 0.0636. The number of esters is 1. The van der Waals surface area contributed by atoms with Gasteiger partial charge in [-0.2, -0.15) is 0 Å². The zero-order valence-electron chi connectivity index (χ0n) is 14.6. The van der Waals surface area contributed by atoms with Crippen molar-refractivity contribution < 1.29 is 18.8 Å². The number of amides is 1. The highest BCUT2D eigenvalue weighted by Crippen LogP contribution is 2.17. The summed E-state index contributed by atoms with van der Waals surface area (Å²) >= 11 is 3.34. The zero-order valence-corrected chi connectivity index (χ0v) is 16.2. The van der Waals surface area contributed by atoms with Crippen molar-refractivity contribution in [2.45, 2.75) is 40.3 Å². The number of carbonyl (C=O) groups excluding carboxylic acids is 2. The quantitative estimate of drug-likeness (QED) is 0.738. The van der Waals surface area contributed by atoms with E-state index < -0.39 is 12.0 Å². The summed E-state index contributed by atoms with van der Waals surface area (Å²) < 4.78 is 11.1. The second-order valence-corrected chi connectivity index (χ2v) is 6.94. The number of benzene rings is 1. The average molecular weight is 409 g/mol. The smallest absolute Gasteiger partial charge is 0.329 e. The molecule has 0 fully saturated rings. The summed E-state index contributed by atoms with van der Waals surface area (Å²) in [5, 5.41) is 6.58. The van der Waals surface area contributed by atoms with Crippen LogP contribution in [0.5, 0.6) is 0 Å². The van der Waals surface area contributed by atoms with Crippen molar-refractivity contribution in [3.63, 3.8) is 0 Å². The molecule has 0 radical (unpaired) electrons. The summed E-state index contributed by atoms with van der Waals surface area (Å²) in [7, 11) is 0. The maximum Gasteiger partial charge on any atom is 0.329 e. The number of nitrogens with zero attached hydrogens (tertiary/aromatic N) is 1. The Labute approximate surface area is 155 Å². The molecule has 0 saturated heterocycles. The Bertz CT molecular complexity index is 751. The molecule has 7 heteroatoms. The molecule has 1 N–H and O–H groups in total. The van der Waals surface area contributed by atoms with E-state index in [4.69, 9.17) is 9.26 Å². The molecule has 1 aromatic carbocycles. The molecule has 0 aliphatic heterocycles. The van der Waals surface area contributed by atoms with Crippen LogP contribution >= 0.6 is 15.9 Å². The standard InChI is InChI=1S/C18H21BrN2O4/c1-10(2)16(20-17(22)13-7-5-6-8-15(13)19)18(23)24-9-14-11(3)21-25-12(14)4/h5-8,10,16H,9H2,1-4H3,(H,20,22). The lowest BCUT2D eigenvalue weighted by molar-refractivity contribution is -0.148. The van der Waals surface area contributed by atoms with Crippen LogP contribution < -0.4 is 5.32 Å². The SMILES string of the molecule is Cc1noc(C)c1COC(=O)C(NC(=O)c1ccccc1Br)C(C)C. The molecule has 0 spiro atoms. The number of ether oxygens (including phenoxy) is 1. The van der Waals surface area contributed by atoms with Crippen LogP contribution in [0.4, 0.5) is 0 Å². The Kier molecular flexibility index (Phi) is 6.36. The monoisotopic (exact) mass is 408 g/mol. The van der Waals surface area contributed by atoms with Gasteiger partial charge in [0, 0.05) is 4.47 Å². The molecule has 25 heavy (non-hydrogen) atoms. The fraction of sp³-hybridized carbons (Fsp3) is 0.389.